The van der Waals surface area contributed by atoms with E-state index in [-0.39, 0.29) is 0 Å². The second-order valence-electron chi connectivity index (χ2n) is 3.01. The molecule has 0 amide bonds. The average molecular weight is 160 g/mol. The minimum Gasteiger partial charge on any atom is -0.396 e. The lowest BCUT2D eigenvalue weighted by Crippen LogP contribution is -2.17. The highest BCUT2D eigenvalue weighted by Crippen LogP contribution is 2.34. The molecule has 1 aliphatic rings. The topological polar surface area (TPSA) is 20.2 Å². The maximum absolute atomic E-state index is 8.63. The van der Waals surface area contributed by atoms with Crippen LogP contribution in [0.4, 0.5) is 0 Å². The van der Waals surface area contributed by atoms with E-state index in [0.717, 1.165) is 11.7 Å². The van der Waals surface area contributed by atoms with E-state index in [1.807, 2.05) is 0 Å². The third-order valence-electron chi connectivity index (χ3n) is 2.01. The SMILES string of the molecule is CC(CCO)SC1CCC1. The summed E-state index contributed by atoms with van der Waals surface area (Å²) in [5.74, 6) is 0. The third-order valence-corrected chi connectivity index (χ3v) is 3.57. The Morgan fingerprint density at radius 2 is 2.30 bits per heavy atom. The van der Waals surface area contributed by atoms with Gasteiger partial charge in [0.05, 0.1) is 0 Å². The van der Waals surface area contributed by atoms with Gasteiger partial charge in [-0.2, -0.15) is 11.8 Å². The lowest BCUT2D eigenvalue weighted by Gasteiger charge is -2.27. The zero-order valence-electron chi connectivity index (χ0n) is 6.55. The van der Waals surface area contributed by atoms with Gasteiger partial charge in [-0.05, 0) is 19.3 Å². The molecule has 0 spiro atoms. The summed E-state index contributed by atoms with van der Waals surface area (Å²) in [4.78, 5) is 0. The van der Waals surface area contributed by atoms with Gasteiger partial charge in [0.25, 0.3) is 0 Å². The first-order chi connectivity index (χ1) is 4.83. The van der Waals surface area contributed by atoms with Gasteiger partial charge in [-0.1, -0.05) is 13.3 Å². The highest BCUT2D eigenvalue weighted by molar-refractivity contribution is 8.00. The monoisotopic (exact) mass is 160 g/mol. The van der Waals surface area contributed by atoms with E-state index in [9.17, 15) is 0 Å². The lowest BCUT2D eigenvalue weighted by molar-refractivity contribution is 0.288. The third kappa shape index (κ3) is 2.51. The van der Waals surface area contributed by atoms with Crippen molar-refractivity contribution in [3.63, 3.8) is 0 Å². The van der Waals surface area contributed by atoms with Gasteiger partial charge < -0.3 is 5.11 Å². The molecule has 1 rings (SSSR count). The van der Waals surface area contributed by atoms with Crippen LogP contribution in [0.5, 0.6) is 0 Å². The highest BCUT2D eigenvalue weighted by atomic mass is 32.2. The predicted molar refractivity (Wildman–Crippen MR) is 46.4 cm³/mol. The Labute approximate surface area is 67.2 Å². The zero-order valence-corrected chi connectivity index (χ0v) is 7.36. The number of rotatable bonds is 4. The fourth-order valence-corrected chi connectivity index (χ4v) is 2.59. The Bertz CT molecular complexity index is 91.3. The molecule has 1 nitrogen and oxygen atoms in total. The molecule has 0 heterocycles. The second kappa shape index (κ2) is 4.24. The van der Waals surface area contributed by atoms with Crippen molar-refractivity contribution in [2.45, 2.75) is 43.1 Å². The summed E-state index contributed by atoms with van der Waals surface area (Å²) in [5, 5.41) is 10.2. The van der Waals surface area contributed by atoms with E-state index < -0.39 is 0 Å². The van der Waals surface area contributed by atoms with E-state index >= 15 is 0 Å². The Balaban J connectivity index is 1.99. The smallest absolute Gasteiger partial charge is 0.0441 e. The number of aliphatic hydroxyl groups is 1. The summed E-state index contributed by atoms with van der Waals surface area (Å²) in [6.07, 6.45) is 5.19. The highest BCUT2D eigenvalue weighted by Gasteiger charge is 2.19. The van der Waals surface area contributed by atoms with Gasteiger partial charge >= 0.3 is 0 Å². The van der Waals surface area contributed by atoms with Crippen molar-refractivity contribution in [2.75, 3.05) is 6.61 Å². The molecule has 10 heavy (non-hydrogen) atoms. The van der Waals surface area contributed by atoms with Crippen LogP contribution in [-0.4, -0.2) is 22.2 Å². The zero-order chi connectivity index (χ0) is 7.40. The summed E-state index contributed by atoms with van der Waals surface area (Å²) >= 11 is 2.05. The normalized spacial score (nSPS) is 22.2. The molecule has 0 aromatic rings. The Morgan fingerprint density at radius 3 is 2.70 bits per heavy atom. The van der Waals surface area contributed by atoms with Crippen molar-refractivity contribution < 1.29 is 5.11 Å². The summed E-state index contributed by atoms with van der Waals surface area (Å²) in [5.41, 5.74) is 0. The molecule has 0 saturated heterocycles. The van der Waals surface area contributed by atoms with Gasteiger partial charge in [-0.15, -0.1) is 0 Å². The lowest BCUT2D eigenvalue weighted by atomic mass is 10.00. The summed E-state index contributed by atoms with van der Waals surface area (Å²) in [6.45, 7) is 2.56. The van der Waals surface area contributed by atoms with Crippen molar-refractivity contribution in [3.8, 4) is 0 Å². The van der Waals surface area contributed by atoms with Gasteiger partial charge in [0.1, 0.15) is 0 Å². The molecule has 2 heteroatoms. The summed E-state index contributed by atoms with van der Waals surface area (Å²) in [7, 11) is 0. The Kier molecular flexibility index (Phi) is 3.57. The Morgan fingerprint density at radius 1 is 1.60 bits per heavy atom. The molecule has 1 N–H and O–H groups in total. The molecular weight excluding hydrogens is 144 g/mol. The molecule has 0 aliphatic heterocycles. The molecular formula is C8H16OS. The van der Waals surface area contributed by atoms with Crippen LogP contribution in [-0.2, 0) is 0 Å². The number of hydrogen-bond acceptors (Lipinski definition) is 2. The maximum atomic E-state index is 8.63. The van der Waals surface area contributed by atoms with Crippen molar-refractivity contribution in [1.82, 2.24) is 0 Å². The van der Waals surface area contributed by atoms with Crippen molar-refractivity contribution in [2.24, 2.45) is 0 Å². The van der Waals surface area contributed by atoms with Gasteiger partial charge in [0.2, 0.25) is 0 Å². The van der Waals surface area contributed by atoms with Crippen LogP contribution >= 0.6 is 11.8 Å². The van der Waals surface area contributed by atoms with Crippen LogP contribution in [0.15, 0.2) is 0 Å². The van der Waals surface area contributed by atoms with Crippen LogP contribution in [0.1, 0.15) is 32.6 Å². The Hall–Kier alpha value is 0.310. The number of hydrogen-bond donors (Lipinski definition) is 1. The first-order valence-electron chi connectivity index (χ1n) is 4.09. The van der Waals surface area contributed by atoms with Gasteiger partial charge in [0.15, 0.2) is 0 Å². The van der Waals surface area contributed by atoms with Crippen LogP contribution < -0.4 is 0 Å². The summed E-state index contributed by atoms with van der Waals surface area (Å²) < 4.78 is 0. The molecule has 1 saturated carbocycles. The molecule has 0 aromatic carbocycles. The van der Waals surface area contributed by atoms with Crippen LogP contribution in [0, 0.1) is 0 Å². The predicted octanol–water partition coefficient (Wildman–Crippen LogP) is 2.04. The fraction of sp³-hybridized carbons (Fsp3) is 1.00. The standard InChI is InChI=1S/C8H16OS/c1-7(5-6-9)10-8-3-2-4-8/h7-9H,2-6H2,1H3. The fourth-order valence-electron chi connectivity index (χ4n) is 1.09. The minimum atomic E-state index is 0.348. The molecule has 0 radical (unpaired) electrons. The van der Waals surface area contributed by atoms with Crippen LogP contribution in [0.3, 0.4) is 0 Å². The van der Waals surface area contributed by atoms with Crippen LogP contribution in [0.25, 0.3) is 0 Å². The number of aliphatic hydroxyl groups excluding tert-OH is 1. The quantitative estimate of drug-likeness (QED) is 0.679. The van der Waals surface area contributed by atoms with Crippen molar-refractivity contribution in [1.29, 1.82) is 0 Å². The van der Waals surface area contributed by atoms with E-state index in [0.29, 0.717) is 11.9 Å². The second-order valence-corrected chi connectivity index (χ2v) is 4.76. The average Bonchev–Trinajstić information content (AvgIpc) is 1.80. The van der Waals surface area contributed by atoms with Crippen molar-refractivity contribution in [3.05, 3.63) is 0 Å². The minimum absolute atomic E-state index is 0.348. The van der Waals surface area contributed by atoms with Gasteiger partial charge in [-0.3, -0.25) is 0 Å². The molecule has 1 unspecified atom stereocenters. The van der Waals surface area contributed by atoms with Crippen molar-refractivity contribution >= 4 is 11.8 Å². The maximum Gasteiger partial charge on any atom is 0.0441 e. The molecule has 0 aromatic heterocycles. The summed E-state index contributed by atoms with van der Waals surface area (Å²) in [6, 6.07) is 0. The molecule has 1 atom stereocenters. The molecule has 0 bridgehead atoms. The molecule has 60 valence electrons. The van der Waals surface area contributed by atoms with E-state index in [4.69, 9.17) is 5.11 Å². The van der Waals surface area contributed by atoms with E-state index in [2.05, 4.69) is 18.7 Å². The van der Waals surface area contributed by atoms with Crippen LogP contribution in [0.2, 0.25) is 0 Å². The number of thioether (sulfide) groups is 1. The molecule has 1 fully saturated rings. The van der Waals surface area contributed by atoms with Gasteiger partial charge in [0, 0.05) is 17.1 Å². The first kappa shape index (κ1) is 8.41. The largest absolute Gasteiger partial charge is 0.396 e. The van der Waals surface area contributed by atoms with Gasteiger partial charge in [-0.25, -0.2) is 0 Å². The van der Waals surface area contributed by atoms with E-state index in [1.54, 1.807) is 0 Å². The molecule has 1 aliphatic carbocycles. The first-order valence-corrected chi connectivity index (χ1v) is 5.03. The van der Waals surface area contributed by atoms with E-state index in [1.165, 1.54) is 19.3 Å².